The summed E-state index contributed by atoms with van der Waals surface area (Å²) in [5, 5.41) is 11.7. The van der Waals surface area contributed by atoms with Crippen LogP contribution in [0.2, 0.25) is 0 Å². The summed E-state index contributed by atoms with van der Waals surface area (Å²) in [4.78, 5) is 31.2. The van der Waals surface area contributed by atoms with Crippen LogP contribution in [0.5, 0.6) is 17.2 Å². The van der Waals surface area contributed by atoms with E-state index < -0.39 is 17.7 Å². The Kier molecular flexibility index (Phi) is 9.37. The number of ketones is 1. The summed E-state index contributed by atoms with van der Waals surface area (Å²) in [6, 6.07) is 19.9. The molecule has 0 spiro atoms. The molecule has 0 unspecified atom stereocenters. The molecule has 0 saturated carbocycles. The number of hydrogen-bond acceptors (Lipinski definition) is 8. The van der Waals surface area contributed by atoms with Gasteiger partial charge < -0.3 is 29.0 Å². The van der Waals surface area contributed by atoms with Gasteiger partial charge in [0.15, 0.2) is 11.5 Å². The summed E-state index contributed by atoms with van der Waals surface area (Å²) < 4.78 is 23.4. The quantitative estimate of drug-likeness (QED) is 0.181. The van der Waals surface area contributed by atoms with Crippen molar-refractivity contribution in [2.75, 3.05) is 46.0 Å². The summed E-state index contributed by atoms with van der Waals surface area (Å²) in [6.07, 6.45) is 1.42. The molecule has 0 aliphatic carbocycles. The number of morpholine rings is 1. The normalized spacial score (nSPS) is 21.1. The fourth-order valence-corrected chi connectivity index (χ4v) is 6.29. The third kappa shape index (κ3) is 6.70. The Hall–Kier alpha value is -4.34. The lowest BCUT2D eigenvalue weighted by atomic mass is 9.94. The predicted molar refractivity (Wildman–Crippen MR) is 170 cm³/mol. The molecule has 3 aromatic carbocycles. The van der Waals surface area contributed by atoms with E-state index in [1.54, 1.807) is 11.0 Å². The molecular formula is C36H40N2O7. The number of hydrogen-bond donors (Lipinski definition) is 1. The summed E-state index contributed by atoms with van der Waals surface area (Å²) in [5.41, 5.74) is 3.19. The van der Waals surface area contributed by atoms with E-state index in [9.17, 15) is 14.7 Å². The van der Waals surface area contributed by atoms with Gasteiger partial charge in [0, 0.05) is 38.2 Å². The van der Waals surface area contributed by atoms with Gasteiger partial charge in [0.2, 0.25) is 0 Å². The van der Waals surface area contributed by atoms with Crippen LogP contribution in [0.4, 0.5) is 0 Å². The van der Waals surface area contributed by atoms with Crippen LogP contribution in [0.3, 0.4) is 0 Å². The van der Waals surface area contributed by atoms with Gasteiger partial charge in [-0.2, -0.15) is 0 Å². The maximum Gasteiger partial charge on any atom is 0.295 e. The molecule has 3 aromatic rings. The fourth-order valence-electron chi connectivity index (χ4n) is 6.29. The number of rotatable bonds is 11. The topological polar surface area (TPSA) is 97.8 Å². The van der Waals surface area contributed by atoms with Crippen LogP contribution in [-0.4, -0.2) is 78.7 Å². The standard InChI is InChI=1S/C36H40N2O7/c1-3-43-31-22-26(10-13-30(31)44-23-25-8-5-4-6-9-25)33-32(34(39)27-11-12-29-28(21-27)20-24(2)45-29)35(40)36(41)38(33)15-7-14-37-16-18-42-19-17-37/h4-6,8-13,21-22,24,33,39H,3,7,14-20,23H2,1-2H3/t24-,33-/m0/s1. The van der Waals surface area contributed by atoms with Crippen molar-refractivity contribution in [1.82, 2.24) is 9.80 Å². The third-order valence-corrected chi connectivity index (χ3v) is 8.51. The van der Waals surface area contributed by atoms with E-state index in [4.69, 9.17) is 18.9 Å². The van der Waals surface area contributed by atoms with Crippen LogP contribution in [0.1, 0.15) is 48.6 Å². The lowest BCUT2D eigenvalue weighted by molar-refractivity contribution is -0.140. The van der Waals surface area contributed by atoms with E-state index in [2.05, 4.69) is 4.90 Å². The minimum absolute atomic E-state index is 0.0362. The van der Waals surface area contributed by atoms with E-state index >= 15 is 0 Å². The summed E-state index contributed by atoms with van der Waals surface area (Å²) in [5.74, 6) is 0.320. The lowest BCUT2D eigenvalue weighted by Gasteiger charge is -2.29. The zero-order valence-corrected chi connectivity index (χ0v) is 25.9. The third-order valence-electron chi connectivity index (χ3n) is 8.51. The van der Waals surface area contributed by atoms with E-state index in [-0.39, 0.29) is 17.4 Å². The highest BCUT2D eigenvalue weighted by molar-refractivity contribution is 6.46. The number of carbonyl (C=O) groups excluding carboxylic acids is 2. The van der Waals surface area contributed by atoms with Crippen LogP contribution < -0.4 is 14.2 Å². The number of benzene rings is 3. The lowest BCUT2D eigenvalue weighted by Crippen LogP contribution is -2.39. The molecule has 0 aromatic heterocycles. The van der Waals surface area contributed by atoms with Gasteiger partial charge >= 0.3 is 0 Å². The van der Waals surface area contributed by atoms with Gasteiger partial charge in [0.05, 0.1) is 31.4 Å². The van der Waals surface area contributed by atoms with Crippen molar-refractivity contribution in [2.24, 2.45) is 0 Å². The Labute approximate surface area is 263 Å². The van der Waals surface area contributed by atoms with Gasteiger partial charge in [-0.3, -0.25) is 14.5 Å². The van der Waals surface area contributed by atoms with Crippen LogP contribution >= 0.6 is 0 Å². The number of carbonyl (C=O) groups is 2. The molecule has 3 heterocycles. The van der Waals surface area contributed by atoms with Crippen molar-refractivity contribution >= 4 is 17.4 Å². The first-order valence-corrected chi connectivity index (χ1v) is 15.7. The van der Waals surface area contributed by atoms with Gasteiger partial charge in [-0.25, -0.2) is 0 Å². The van der Waals surface area contributed by atoms with Gasteiger partial charge in [-0.1, -0.05) is 36.4 Å². The van der Waals surface area contributed by atoms with E-state index in [1.807, 2.05) is 74.5 Å². The molecule has 1 amide bonds. The fraction of sp³-hybridized carbons (Fsp3) is 0.389. The Balaban J connectivity index is 1.35. The minimum atomic E-state index is -0.791. The van der Waals surface area contributed by atoms with Gasteiger partial charge in [-0.15, -0.1) is 0 Å². The van der Waals surface area contributed by atoms with Crippen LogP contribution in [-0.2, 0) is 27.4 Å². The number of amides is 1. The van der Waals surface area contributed by atoms with E-state index in [1.165, 1.54) is 0 Å². The van der Waals surface area contributed by atoms with Gasteiger partial charge in [-0.05, 0) is 67.3 Å². The smallest absolute Gasteiger partial charge is 0.295 e. The Morgan fingerprint density at radius 3 is 2.53 bits per heavy atom. The average molecular weight is 613 g/mol. The van der Waals surface area contributed by atoms with Crippen LogP contribution in [0.15, 0.2) is 72.3 Å². The summed E-state index contributed by atoms with van der Waals surface area (Å²) >= 11 is 0. The van der Waals surface area contributed by atoms with Crippen molar-refractivity contribution < 1.29 is 33.6 Å². The van der Waals surface area contributed by atoms with Crippen molar-refractivity contribution in [1.29, 1.82) is 0 Å². The van der Waals surface area contributed by atoms with E-state index in [0.29, 0.717) is 68.4 Å². The molecular weight excluding hydrogens is 572 g/mol. The molecule has 2 fully saturated rings. The SMILES string of the molecule is CCOc1cc([C@H]2C(=C(O)c3ccc4c(c3)C[C@H](C)O4)C(=O)C(=O)N2CCCN2CCOCC2)ccc1OCc1ccccc1. The molecule has 6 rings (SSSR count). The minimum Gasteiger partial charge on any atom is -0.507 e. The first-order valence-electron chi connectivity index (χ1n) is 15.7. The molecule has 9 heteroatoms. The molecule has 1 N–H and O–H groups in total. The first kappa shape index (κ1) is 30.7. The van der Waals surface area contributed by atoms with Crippen molar-refractivity contribution in [3.63, 3.8) is 0 Å². The molecule has 45 heavy (non-hydrogen) atoms. The highest BCUT2D eigenvalue weighted by atomic mass is 16.5. The van der Waals surface area contributed by atoms with Gasteiger partial charge in [0.1, 0.15) is 24.2 Å². The zero-order valence-electron chi connectivity index (χ0n) is 25.9. The number of aliphatic hydroxyl groups is 1. The molecule has 3 aliphatic rings. The number of likely N-dealkylation sites (tertiary alicyclic amines) is 1. The van der Waals surface area contributed by atoms with Crippen molar-refractivity contribution in [2.45, 2.75) is 45.4 Å². The largest absolute Gasteiger partial charge is 0.507 e. The zero-order chi connectivity index (χ0) is 31.3. The summed E-state index contributed by atoms with van der Waals surface area (Å²) in [7, 11) is 0. The Morgan fingerprint density at radius 2 is 1.76 bits per heavy atom. The summed E-state index contributed by atoms with van der Waals surface area (Å²) in [6.45, 7) is 8.84. The monoisotopic (exact) mass is 612 g/mol. The second-order valence-electron chi connectivity index (χ2n) is 11.7. The number of nitrogens with zero attached hydrogens (tertiary/aromatic N) is 2. The molecule has 9 nitrogen and oxygen atoms in total. The highest BCUT2D eigenvalue weighted by Crippen LogP contribution is 2.43. The molecule has 0 radical (unpaired) electrons. The number of fused-ring (bicyclic) bond motifs is 1. The second-order valence-corrected chi connectivity index (χ2v) is 11.7. The maximum atomic E-state index is 13.7. The van der Waals surface area contributed by atoms with Crippen molar-refractivity contribution in [3.05, 3.63) is 94.6 Å². The number of Topliss-reactive ketones (excluding diaryl/α,β-unsaturated/α-hetero) is 1. The van der Waals surface area contributed by atoms with Crippen LogP contribution in [0, 0.1) is 0 Å². The number of ether oxygens (including phenoxy) is 4. The maximum absolute atomic E-state index is 13.7. The molecule has 0 bridgehead atoms. The average Bonchev–Trinajstić information content (AvgIpc) is 3.56. The molecule has 236 valence electrons. The molecule has 3 aliphatic heterocycles. The highest BCUT2D eigenvalue weighted by Gasteiger charge is 2.46. The Morgan fingerprint density at radius 1 is 0.956 bits per heavy atom. The molecule has 2 saturated heterocycles. The number of aliphatic hydroxyl groups excluding tert-OH is 1. The first-order chi connectivity index (χ1) is 21.9. The van der Waals surface area contributed by atoms with Crippen molar-refractivity contribution in [3.8, 4) is 17.2 Å². The van der Waals surface area contributed by atoms with Crippen LogP contribution in [0.25, 0.3) is 5.76 Å². The predicted octanol–water partition coefficient (Wildman–Crippen LogP) is 5.13. The van der Waals surface area contributed by atoms with E-state index in [0.717, 1.165) is 36.5 Å². The Bertz CT molecular complexity index is 1560. The second kappa shape index (κ2) is 13.7. The molecule has 2 atom stereocenters. The van der Waals surface area contributed by atoms with Gasteiger partial charge in [0.25, 0.3) is 11.7 Å².